The molecule has 114 valence electrons. The van der Waals surface area contributed by atoms with Gasteiger partial charge in [-0.2, -0.15) is 0 Å². The molecule has 1 atom stereocenters. The molecule has 0 spiro atoms. The minimum atomic E-state index is -0.392. The van der Waals surface area contributed by atoms with Crippen LogP contribution >= 0.6 is 15.9 Å². The van der Waals surface area contributed by atoms with E-state index in [-0.39, 0.29) is 11.9 Å². The summed E-state index contributed by atoms with van der Waals surface area (Å²) in [5.41, 5.74) is 0.273. The van der Waals surface area contributed by atoms with Crippen LogP contribution in [0.25, 0.3) is 0 Å². The van der Waals surface area contributed by atoms with Gasteiger partial charge in [0.1, 0.15) is 5.82 Å². The Balaban J connectivity index is 3.26. The van der Waals surface area contributed by atoms with Crippen LogP contribution in [-0.4, -0.2) is 19.3 Å². The van der Waals surface area contributed by atoms with Gasteiger partial charge in [0.2, 0.25) is 0 Å². The maximum atomic E-state index is 14.3. The number of ether oxygens (including phenoxy) is 1. The van der Waals surface area contributed by atoms with E-state index in [0.29, 0.717) is 5.56 Å². The van der Waals surface area contributed by atoms with Crippen molar-refractivity contribution < 1.29 is 9.13 Å². The number of hydrogen-bond donors (Lipinski definition) is 1. The van der Waals surface area contributed by atoms with Gasteiger partial charge in [0.25, 0.3) is 0 Å². The highest BCUT2D eigenvalue weighted by Gasteiger charge is 2.38. The number of halogens is 2. The zero-order chi connectivity index (χ0) is 15.2. The van der Waals surface area contributed by atoms with E-state index in [2.05, 4.69) is 42.0 Å². The number of rotatable bonds is 8. The molecule has 1 N–H and O–H groups in total. The molecule has 0 aliphatic rings. The van der Waals surface area contributed by atoms with Crippen LogP contribution in [0.4, 0.5) is 4.39 Å². The molecule has 0 aliphatic heterocycles. The van der Waals surface area contributed by atoms with Crippen LogP contribution in [0.1, 0.15) is 51.6 Å². The van der Waals surface area contributed by atoms with Gasteiger partial charge >= 0.3 is 0 Å². The molecular formula is C16H25BrFNO. The number of benzene rings is 1. The molecule has 0 saturated carbocycles. The van der Waals surface area contributed by atoms with Crippen LogP contribution in [0.2, 0.25) is 0 Å². The molecule has 1 aromatic rings. The zero-order valence-corrected chi connectivity index (χ0v) is 14.4. The van der Waals surface area contributed by atoms with Gasteiger partial charge in [-0.05, 0) is 44.0 Å². The second-order valence-electron chi connectivity index (χ2n) is 5.03. The van der Waals surface area contributed by atoms with Crippen LogP contribution in [0.3, 0.4) is 0 Å². The van der Waals surface area contributed by atoms with Crippen molar-refractivity contribution in [1.82, 2.24) is 5.32 Å². The van der Waals surface area contributed by atoms with E-state index in [4.69, 9.17) is 4.74 Å². The van der Waals surface area contributed by atoms with Crippen molar-refractivity contribution in [2.75, 3.05) is 13.7 Å². The summed E-state index contributed by atoms with van der Waals surface area (Å²) < 4.78 is 21.0. The standard InChI is InChI=1S/C16H25BrFNO/c1-5-10-19-15(16(6-2,7-3)20-4)13-11-12(17)8-9-14(13)18/h8-9,11,15,19H,5-7,10H2,1-4H3. The fourth-order valence-electron chi connectivity index (χ4n) is 2.67. The molecule has 0 bridgehead atoms. The molecule has 4 heteroatoms. The lowest BCUT2D eigenvalue weighted by Crippen LogP contribution is -2.45. The normalized spacial score (nSPS) is 13.5. The van der Waals surface area contributed by atoms with Gasteiger partial charge < -0.3 is 10.1 Å². The quantitative estimate of drug-likeness (QED) is 0.728. The van der Waals surface area contributed by atoms with Gasteiger partial charge in [-0.25, -0.2) is 4.39 Å². The molecule has 0 saturated heterocycles. The average Bonchev–Trinajstić information content (AvgIpc) is 2.47. The minimum absolute atomic E-state index is 0.153. The van der Waals surface area contributed by atoms with Crippen molar-refractivity contribution in [3.05, 3.63) is 34.1 Å². The first-order chi connectivity index (χ1) is 9.54. The van der Waals surface area contributed by atoms with Gasteiger partial charge in [-0.15, -0.1) is 0 Å². The van der Waals surface area contributed by atoms with Gasteiger partial charge in [-0.3, -0.25) is 0 Å². The predicted molar refractivity (Wildman–Crippen MR) is 85.5 cm³/mol. The molecule has 1 unspecified atom stereocenters. The molecule has 0 aliphatic carbocycles. The van der Waals surface area contributed by atoms with Crippen molar-refractivity contribution >= 4 is 15.9 Å². The van der Waals surface area contributed by atoms with E-state index in [1.807, 2.05) is 6.07 Å². The van der Waals surface area contributed by atoms with Gasteiger partial charge in [0.15, 0.2) is 0 Å². The van der Waals surface area contributed by atoms with Crippen LogP contribution < -0.4 is 5.32 Å². The summed E-state index contributed by atoms with van der Waals surface area (Å²) in [5, 5.41) is 3.46. The van der Waals surface area contributed by atoms with Gasteiger partial charge in [0, 0.05) is 17.1 Å². The van der Waals surface area contributed by atoms with E-state index >= 15 is 0 Å². The van der Waals surface area contributed by atoms with Crippen molar-refractivity contribution in [2.24, 2.45) is 0 Å². The summed E-state index contributed by atoms with van der Waals surface area (Å²) in [6.45, 7) is 7.11. The van der Waals surface area contributed by atoms with Crippen LogP contribution in [0.15, 0.2) is 22.7 Å². The van der Waals surface area contributed by atoms with Crippen LogP contribution in [0, 0.1) is 5.82 Å². The SMILES string of the molecule is CCCNC(c1cc(Br)ccc1F)C(CC)(CC)OC. The first-order valence-electron chi connectivity index (χ1n) is 7.28. The molecule has 0 amide bonds. The average molecular weight is 346 g/mol. The summed E-state index contributed by atoms with van der Waals surface area (Å²) >= 11 is 3.43. The molecular weight excluding hydrogens is 321 g/mol. The van der Waals surface area contributed by atoms with Crippen LogP contribution in [0.5, 0.6) is 0 Å². The van der Waals surface area contributed by atoms with Gasteiger partial charge in [0.05, 0.1) is 11.6 Å². The van der Waals surface area contributed by atoms with Crippen molar-refractivity contribution in [3.8, 4) is 0 Å². The second kappa shape index (κ2) is 8.11. The van der Waals surface area contributed by atoms with Crippen molar-refractivity contribution in [2.45, 2.75) is 51.7 Å². The maximum Gasteiger partial charge on any atom is 0.128 e. The fourth-order valence-corrected chi connectivity index (χ4v) is 3.05. The van der Waals surface area contributed by atoms with E-state index in [1.54, 1.807) is 13.2 Å². The Morgan fingerprint density at radius 2 is 1.95 bits per heavy atom. The molecule has 20 heavy (non-hydrogen) atoms. The summed E-state index contributed by atoms with van der Waals surface area (Å²) in [6, 6.07) is 4.93. The molecule has 0 aromatic heterocycles. The monoisotopic (exact) mass is 345 g/mol. The molecule has 2 nitrogen and oxygen atoms in total. The minimum Gasteiger partial charge on any atom is -0.376 e. The van der Waals surface area contributed by atoms with E-state index in [0.717, 1.165) is 30.3 Å². The lowest BCUT2D eigenvalue weighted by molar-refractivity contribution is -0.0493. The first-order valence-corrected chi connectivity index (χ1v) is 8.07. The molecule has 0 radical (unpaired) electrons. The third-order valence-electron chi connectivity index (χ3n) is 4.00. The van der Waals surface area contributed by atoms with E-state index < -0.39 is 5.60 Å². The number of methoxy groups -OCH3 is 1. The van der Waals surface area contributed by atoms with E-state index in [9.17, 15) is 4.39 Å². The molecule has 1 rings (SSSR count). The Morgan fingerprint density at radius 1 is 1.30 bits per heavy atom. The summed E-state index contributed by atoms with van der Waals surface area (Å²) in [6.07, 6.45) is 2.65. The Hall–Kier alpha value is -0.450. The smallest absolute Gasteiger partial charge is 0.128 e. The Kier molecular flexibility index (Phi) is 7.13. The largest absolute Gasteiger partial charge is 0.376 e. The Bertz CT molecular complexity index is 413. The zero-order valence-electron chi connectivity index (χ0n) is 12.8. The molecule has 0 fully saturated rings. The fraction of sp³-hybridized carbons (Fsp3) is 0.625. The first kappa shape index (κ1) is 17.6. The summed E-state index contributed by atoms with van der Waals surface area (Å²) in [7, 11) is 1.71. The second-order valence-corrected chi connectivity index (χ2v) is 5.94. The number of nitrogens with one attached hydrogen (secondary N) is 1. The number of hydrogen-bond acceptors (Lipinski definition) is 2. The lowest BCUT2D eigenvalue weighted by Gasteiger charge is -2.39. The molecule has 1 aromatic carbocycles. The summed E-state index contributed by atoms with van der Waals surface area (Å²) in [4.78, 5) is 0. The maximum absolute atomic E-state index is 14.3. The third kappa shape index (κ3) is 3.80. The predicted octanol–water partition coefficient (Wildman–Crippen LogP) is 4.83. The Labute approximate surface area is 130 Å². The molecule has 0 heterocycles. The van der Waals surface area contributed by atoms with Gasteiger partial charge in [-0.1, -0.05) is 36.7 Å². The van der Waals surface area contributed by atoms with Crippen molar-refractivity contribution in [1.29, 1.82) is 0 Å². The highest BCUT2D eigenvalue weighted by Crippen LogP contribution is 2.37. The summed E-state index contributed by atoms with van der Waals surface area (Å²) in [5.74, 6) is -0.190. The Morgan fingerprint density at radius 3 is 2.45 bits per heavy atom. The third-order valence-corrected chi connectivity index (χ3v) is 4.49. The topological polar surface area (TPSA) is 21.3 Å². The lowest BCUT2D eigenvalue weighted by atomic mass is 9.83. The highest BCUT2D eigenvalue weighted by atomic mass is 79.9. The van der Waals surface area contributed by atoms with Crippen molar-refractivity contribution in [3.63, 3.8) is 0 Å². The van der Waals surface area contributed by atoms with E-state index in [1.165, 1.54) is 6.07 Å². The van der Waals surface area contributed by atoms with Crippen LogP contribution in [-0.2, 0) is 4.74 Å². The highest BCUT2D eigenvalue weighted by molar-refractivity contribution is 9.10.